The molecule has 3 aromatic carbocycles. The number of carbonyl (C=O) groups is 1. The molecule has 0 saturated carbocycles. The zero-order valence-corrected chi connectivity index (χ0v) is 14.8. The number of nitrogens with zero attached hydrogens (tertiary/aromatic N) is 2. The molecule has 6 heteroatoms. The van der Waals surface area contributed by atoms with Crippen LogP contribution in [0, 0.1) is 11.6 Å². The lowest BCUT2D eigenvalue weighted by atomic mass is 10.0. The summed E-state index contributed by atoms with van der Waals surface area (Å²) >= 11 is 0. The highest BCUT2D eigenvalue weighted by Crippen LogP contribution is 2.31. The summed E-state index contributed by atoms with van der Waals surface area (Å²) in [6.07, 6.45) is 0. The van der Waals surface area contributed by atoms with Gasteiger partial charge in [0.1, 0.15) is 11.6 Å². The molecule has 0 aliphatic carbocycles. The summed E-state index contributed by atoms with van der Waals surface area (Å²) < 4.78 is 32.3. The van der Waals surface area contributed by atoms with E-state index in [2.05, 4.69) is 9.97 Å². The third kappa shape index (κ3) is 3.32. The average molecular weight is 376 g/mol. The lowest BCUT2D eigenvalue weighted by Gasteiger charge is -2.11. The van der Waals surface area contributed by atoms with Gasteiger partial charge < -0.3 is 4.74 Å². The summed E-state index contributed by atoms with van der Waals surface area (Å²) in [6, 6.07) is 16.7. The van der Waals surface area contributed by atoms with Crippen LogP contribution in [0.5, 0.6) is 0 Å². The quantitative estimate of drug-likeness (QED) is 0.471. The SMILES string of the molecule is COC(=O)c1ccc2nc(-c3cccc(F)c3)c(-c3cccc(F)c3)nc2c1. The molecule has 0 amide bonds. The van der Waals surface area contributed by atoms with E-state index in [0.29, 0.717) is 39.1 Å². The Hall–Kier alpha value is -3.67. The zero-order chi connectivity index (χ0) is 19.7. The Morgan fingerprint density at radius 1 is 0.786 bits per heavy atom. The van der Waals surface area contributed by atoms with Crippen LogP contribution in [0.25, 0.3) is 33.5 Å². The molecule has 1 aromatic heterocycles. The highest BCUT2D eigenvalue weighted by molar-refractivity contribution is 5.94. The van der Waals surface area contributed by atoms with Gasteiger partial charge in [-0.25, -0.2) is 23.5 Å². The number of hydrogen-bond donors (Lipinski definition) is 0. The van der Waals surface area contributed by atoms with Crippen LogP contribution in [0.15, 0.2) is 66.7 Å². The molecule has 0 N–H and O–H groups in total. The highest BCUT2D eigenvalue weighted by Gasteiger charge is 2.16. The molecule has 0 unspecified atom stereocenters. The molecule has 0 bridgehead atoms. The molecule has 0 spiro atoms. The molecule has 0 atom stereocenters. The van der Waals surface area contributed by atoms with Gasteiger partial charge in [-0.15, -0.1) is 0 Å². The van der Waals surface area contributed by atoms with Crippen molar-refractivity contribution in [2.75, 3.05) is 7.11 Å². The molecule has 138 valence electrons. The second kappa shape index (κ2) is 7.15. The molecule has 0 fully saturated rings. The predicted octanol–water partition coefficient (Wildman–Crippen LogP) is 5.03. The van der Waals surface area contributed by atoms with Gasteiger partial charge in [0.15, 0.2) is 0 Å². The van der Waals surface area contributed by atoms with E-state index < -0.39 is 17.6 Å². The molecule has 4 rings (SSSR count). The van der Waals surface area contributed by atoms with Gasteiger partial charge in [0.2, 0.25) is 0 Å². The fourth-order valence-corrected chi connectivity index (χ4v) is 2.97. The van der Waals surface area contributed by atoms with Crippen molar-refractivity contribution in [1.29, 1.82) is 0 Å². The fraction of sp³-hybridized carbons (Fsp3) is 0.0455. The Morgan fingerprint density at radius 2 is 1.36 bits per heavy atom. The lowest BCUT2D eigenvalue weighted by molar-refractivity contribution is 0.0601. The van der Waals surface area contributed by atoms with Gasteiger partial charge in [-0.1, -0.05) is 24.3 Å². The number of esters is 1. The van der Waals surface area contributed by atoms with Gasteiger partial charge in [0.25, 0.3) is 0 Å². The van der Waals surface area contributed by atoms with E-state index in [1.165, 1.54) is 31.4 Å². The first-order valence-electron chi connectivity index (χ1n) is 8.47. The van der Waals surface area contributed by atoms with E-state index in [9.17, 15) is 13.6 Å². The van der Waals surface area contributed by atoms with Crippen LogP contribution in [-0.4, -0.2) is 23.0 Å². The van der Waals surface area contributed by atoms with Crippen LogP contribution in [0.4, 0.5) is 8.78 Å². The zero-order valence-electron chi connectivity index (χ0n) is 14.8. The van der Waals surface area contributed by atoms with Crippen molar-refractivity contribution in [2.24, 2.45) is 0 Å². The number of methoxy groups -OCH3 is 1. The minimum Gasteiger partial charge on any atom is -0.465 e. The lowest BCUT2D eigenvalue weighted by Crippen LogP contribution is -2.02. The minimum atomic E-state index is -0.495. The normalized spacial score (nSPS) is 10.8. The summed E-state index contributed by atoms with van der Waals surface area (Å²) in [5.41, 5.74) is 3.12. The van der Waals surface area contributed by atoms with Gasteiger partial charge in [0.05, 0.1) is 35.1 Å². The molecule has 0 saturated heterocycles. The van der Waals surface area contributed by atoms with E-state index in [4.69, 9.17) is 4.74 Å². The molecule has 0 aliphatic heterocycles. The van der Waals surface area contributed by atoms with Gasteiger partial charge in [-0.3, -0.25) is 0 Å². The number of ether oxygens (including phenoxy) is 1. The third-order valence-electron chi connectivity index (χ3n) is 4.28. The second-order valence-electron chi connectivity index (χ2n) is 6.14. The molecule has 4 aromatic rings. The third-order valence-corrected chi connectivity index (χ3v) is 4.28. The van der Waals surface area contributed by atoms with E-state index in [1.54, 1.807) is 42.5 Å². The van der Waals surface area contributed by atoms with Crippen molar-refractivity contribution >= 4 is 17.0 Å². The topological polar surface area (TPSA) is 52.1 Å². The van der Waals surface area contributed by atoms with Crippen LogP contribution in [-0.2, 0) is 4.74 Å². The molecule has 4 nitrogen and oxygen atoms in total. The maximum atomic E-state index is 13.8. The number of fused-ring (bicyclic) bond motifs is 1. The van der Waals surface area contributed by atoms with Crippen LogP contribution in [0.2, 0.25) is 0 Å². The van der Waals surface area contributed by atoms with Crippen molar-refractivity contribution < 1.29 is 18.3 Å². The first kappa shape index (κ1) is 17.7. The molecular formula is C22H14F2N2O2. The van der Waals surface area contributed by atoms with Gasteiger partial charge in [-0.2, -0.15) is 0 Å². The fourth-order valence-electron chi connectivity index (χ4n) is 2.97. The van der Waals surface area contributed by atoms with Crippen molar-refractivity contribution in [3.8, 4) is 22.5 Å². The van der Waals surface area contributed by atoms with Crippen LogP contribution >= 0.6 is 0 Å². The molecule has 0 aliphatic rings. The van der Waals surface area contributed by atoms with Crippen LogP contribution in [0.3, 0.4) is 0 Å². The smallest absolute Gasteiger partial charge is 0.337 e. The average Bonchev–Trinajstić information content (AvgIpc) is 2.71. The Labute approximate surface area is 159 Å². The van der Waals surface area contributed by atoms with E-state index >= 15 is 0 Å². The Kier molecular flexibility index (Phi) is 4.53. The summed E-state index contributed by atoms with van der Waals surface area (Å²) in [5, 5.41) is 0. The number of halogens is 2. The largest absolute Gasteiger partial charge is 0.465 e. The predicted molar refractivity (Wildman–Crippen MR) is 102 cm³/mol. The Bertz CT molecular complexity index is 1210. The van der Waals surface area contributed by atoms with Crippen molar-refractivity contribution in [3.05, 3.63) is 83.9 Å². The highest BCUT2D eigenvalue weighted by atomic mass is 19.1. The summed E-state index contributed by atoms with van der Waals surface area (Å²) in [4.78, 5) is 21.0. The maximum Gasteiger partial charge on any atom is 0.337 e. The van der Waals surface area contributed by atoms with E-state index in [0.717, 1.165) is 0 Å². The number of rotatable bonds is 3. The van der Waals surface area contributed by atoms with Crippen molar-refractivity contribution in [3.63, 3.8) is 0 Å². The monoisotopic (exact) mass is 376 g/mol. The number of aromatic nitrogens is 2. The molecule has 0 radical (unpaired) electrons. The first-order chi connectivity index (χ1) is 13.5. The van der Waals surface area contributed by atoms with Gasteiger partial charge >= 0.3 is 5.97 Å². The summed E-state index contributed by atoms with van der Waals surface area (Å²) in [7, 11) is 1.30. The molecule has 1 heterocycles. The minimum absolute atomic E-state index is 0.327. The number of hydrogen-bond acceptors (Lipinski definition) is 4. The van der Waals surface area contributed by atoms with Gasteiger partial charge in [0, 0.05) is 11.1 Å². The number of carbonyl (C=O) groups excluding carboxylic acids is 1. The van der Waals surface area contributed by atoms with E-state index in [1.807, 2.05) is 0 Å². The van der Waals surface area contributed by atoms with Crippen LogP contribution in [0.1, 0.15) is 10.4 Å². The Morgan fingerprint density at radius 3 is 1.89 bits per heavy atom. The van der Waals surface area contributed by atoms with Crippen molar-refractivity contribution in [1.82, 2.24) is 9.97 Å². The van der Waals surface area contributed by atoms with E-state index in [-0.39, 0.29) is 0 Å². The molecule has 28 heavy (non-hydrogen) atoms. The van der Waals surface area contributed by atoms with Crippen LogP contribution < -0.4 is 0 Å². The van der Waals surface area contributed by atoms with Gasteiger partial charge in [-0.05, 0) is 42.5 Å². The first-order valence-corrected chi connectivity index (χ1v) is 8.47. The summed E-state index contributed by atoms with van der Waals surface area (Å²) in [5.74, 6) is -1.33. The maximum absolute atomic E-state index is 13.8. The van der Waals surface area contributed by atoms with Crippen molar-refractivity contribution in [2.45, 2.75) is 0 Å². The standard InChI is InChI=1S/C22H14F2N2O2/c1-28-22(27)15-8-9-18-19(12-15)26-21(14-5-3-7-17(24)11-14)20(25-18)13-4-2-6-16(23)10-13/h2-12H,1H3. The number of benzene rings is 3. The Balaban J connectivity index is 2.00. The second-order valence-corrected chi connectivity index (χ2v) is 6.14. The summed E-state index contributed by atoms with van der Waals surface area (Å²) in [6.45, 7) is 0. The molecular weight excluding hydrogens is 362 g/mol.